The van der Waals surface area contributed by atoms with E-state index in [0.717, 1.165) is 17.1 Å². The van der Waals surface area contributed by atoms with Crippen LogP contribution in [0.4, 0.5) is 0 Å². The first-order valence-electron chi connectivity index (χ1n) is 5.34. The maximum atomic E-state index is 9.12. The number of aliphatic hydroxyl groups excluding tert-OH is 1. The second kappa shape index (κ2) is 5.27. The Bertz CT molecular complexity index is 351. The SMILES string of the molecule is COc1cc(C)nc(CNC(C)(C)CO)c1. The van der Waals surface area contributed by atoms with Gasteiger partial charge in [-0.15, -0.1) is 0 Å². The van der Waals surface area contributed by atoms with Crippen molar-refractivity contribution < 1.29 is 9.84 Å². The molecule has 0 atom stereocenters. The highest BCUT2D eigenvalue weighted by atomic mass is 16.5. The molecule has 0 bridgehead atoms. The van der Waals surface area contributed by atoms with Crippen molar-refractivity contribution in [3.05, 3.63) is 23.5 Å². The first-order valence-corrected chi connectivity index (χ1v) is 5.34. The third kappa shape index (κ3) is 3.79. The van der Waals surface area contributed by atoms with Crippen LogP contribution >= 0.6 is 0 Å². The molecular weight excluding hydrogens is 204 g/mol. The van der Waals surface area contributed by atoms with Crippen molar-refractivity contribution in [3.8, 4) is 5.75 Å². The minimum atomic E-state index is -0.293. The quantitative estimate of drug-likeness (QED) is 0.790. The summed E-state index contributed by atoms with van der Waals surface area (Å²) in [5.41, 5.74) is 1.55. The Balaban J connectivity index is 2.70. The van der Waals surface area contributed by atoms with E-state index >= 15 is 0 Å². The van der Waals surface area contributed by atoms with Crippen LogP contribution in [0.2, 0.25) is 0 Å². The van der Waals surface area contributed by atoms with Gasteiger partial charge in [0.1, 0.15) is 5.75 Å². The Hall–Kier alpha value is -1.13. The summed E-state index contributed by atoms with van der Waals surface area (Å²) in [6, 6.07) is 3.79. The van der Waals surface area contributed by atoms with Crippen LogP contribution in [0.15, 0.2) is 12.1 Å². The third-order valence-corrected chi connectivity index (χ3v) is 2.36. The van der Waals surface area contributed by atoms with Crippen molar-refractivity contribution in [2.45, 2.75) is 32.9 Å². The molecule has 0 saturated heterocycles. The van der Waals surface area contributed by atoms with Gasteiger partial charge in [-0.25, -0.2) is 0 Å². The van der Waals surface area contributed by atoms with E-state index in [4.69, 9.17) is 9.84 Å². The number of nitrogens with zero attached hydrogens (tertiary/aromatic N) is 1. The van der Waals surface area contributed by atoms with E-state index in [1.807, 2.05) is 32.9 Å². The molecule has 0 radical (unpaired) electrons. The lowest BCUT2D eigenvalue weighted by Gasteiger charge is -2.23. The number of hydrogen-bond donors (Lipinski definition) is 2. The van der Waals surface area contributed by atoms with Gasteiger partial charge in [0.15, 0.2) is 0 Å². The predicted octanol–water partition coefficient (Wildman–Crippen LogP) is 1.26. The van der Waals surface area contributed by atoms with Gasteiger partial charge in [0, 0.05) is 29.9 Å². The molecule has 0 aromatic carbocycles. The monoisotopic (exact) mass is 224 g/mol. The van der Waals surface area contributed by atoms with E-state index in [1.165, 1.54) is 0 Å². The van der Waals surface area contributed by atoms with Gasteiger partial charge < -0.3 is 15.2 Å². The molecule has 0 aliphatic heterocycles. The lowest BCUT2D eigenvalue weighted by atomic mass is 10.1. The largest absolute Gasteiger partial charge is 0.497 e. The molecule has 2 N–H and O–H groups in total. The zero-order chi connectivity index (χ0) is 12.2. The zero-order valence-electron chi connectivity index (χ0n) is 10.4. The molecule has 4 heteroatoms. The summed E-state index contributed by atoms with van der Waals surface area (Å²) in [5, 5.41) is 12.4. The van der Waals surface area contributed by atoms with Crippen LogP contribution in [-0.2, 0) is 6.54 Å². The van der Waals surface area contributed by atoms with Crippen molar-refractivity contribution in [2.24, 2.45) is 0 Å². The van der Waals surface area contributed by atoms with Crippen molar-refractivity contribution in [1.82, 2.24) is 10.3 Å². The van der Waals surface area contributed by atoms with Crippen LogP contribution in [0.3, 0.4) is 0 Å². The fraction of sp³-hybridized carbons (Fsp3) is 0.583. The lowest BCUT2D eigenvalue weighted by Crippen LogP contribution is -2.42. The van der Waals surface area contributed by atoms with Gasteiger partial charge in [-0.2, -0.15) is 0 Å². The molecule has 16 heavy (non-hydrogen) atoms. The molecule has 0 aliphatic rings. The van der Waals surface area contributed by atoms with Crippen LogP contribution in [0.25, 0.3) is 0 Å². The van der Waals surface area contributed by atoms with Crippen LogP contribution in [0, 0.1) is 6.92 Å². The maximum Gasteiger partial charge on any atom is 0.122 e. The summed E-state index contributed by atoms with van der Waals surface area (Å²) < 4.78 is 5.18. The van der Waals surface area contributed by atoms with Crippen LogP contribution in [-0.4, -0.2) is 29.3 Å². The van der Waals surface area contributed by atoms with E-state index < -0.39 is 0 Å². The fourth-order valence-corrected chi connectivity index (χ4v) is 1.30. The van der Waals surface area contributed by atoms with E-state index in [2.05, 4.69) is 10.3 Å². The first-order chi connectivity index (χ1) is 7.46. The maximum absolute atomic E-state index is 9.12. The Morgan fingerprint density at radius 2 is 2.12 bits per heavy atom. The van der Waals surface area contributed by atoms with Crippen LogP contribution < -0.4 is 10.1 Å². The van der Waals surface area contributed by atoms with Gasteiger partial charge in [-0.3, -0.25) is 4.98 Å². The Kier molecular flexibility index (Phi) is 4.26. The van der Waals surface area contributed by atoms with Crippen molar-refractivity contribution in [3.63, 3.8) is 0 Å². The van der Waals surface area contributed by atoms with E-state index in [1.54, 1.807) is 7.11 Å². The average molecular weight is 224 g/mol. The molecule has 1 aromatic heterocycles. The lowest BCUT2D eigenvalue weighted by molar-refractivity contribution is 0.187. The van der Waals surface area contributed by atoms with Gasteiger partial charge in [0.05, 0.1) is 19.4 Å². The van der Waals surface area contributed by atoms with E-state index in [0.29, 0.717) is 6.54 Å². The van der Waals surface area contributed by atoms with Crippen LogP contribution in [0.1, 0.15) is 25.2 Å². The predicted molar refractivity (Wildman–Crippen MR) is 63.5 cm³/mol. The van der Waals surface area contributed by atoms with Gasteiger partial charge >= 0.3 is 0 Å². The number of methoxy groups -OCH3 is 1. The molecule has 0 spiro atoms. The summed E-state index contributed by atoms with van der Waals surface area (Å²) in [5.74, 6) is 0.811. The number of ether oxygens (including phenoxy) is 1. The number of hydrogen-bond acceptors (Lipinski definition) is 4. The van der Waals surface area contributed by atoms with Crippen molar-refractivity contribution >= 4 is 0 Å². The fourth-order valence-electron chi connectivity index (χ4n) is 1.30. The highest BCUT2D eigenvalue weighted by Gasteiger charge is 2.15. The summed E-state index contributed by atoms with van der Waals surface area (Å²) in [6.45, 7) is 6.53. The standard InChI is InChI=1S/C12H20N2O2/c1-9-5-11(16-4)6-10(14-9)7-13-12(2,3)8-15/h5-6,13,15H,7-8H2,1-4H3. The van der Waals surface area contributed by atoms with E-state index in [-0.39, 0.29) is 12.1 Å². The molecule has 1 rings (SSSR count). The number of rotatable bonds is 5. The third-order valence-electron chi connectivity index (χ3n) is 2.36. The molecule has 0 fully saturated rings. The van der Waals surface area contributed by atoms with Gasteiger partial charge in [0.25, 0.3) is 0 Å². The average Bonchev–Trinajstić information content (AvgIpc) is 2.26. The Morgan fingerprint density at radius 3 is 2.69 bits per heavy atom. The molecule has 1 heterocycles. The van der Waals surface area contributed by atoms with E-state index in [9.17, 15) is 0 Å². The zero-order valence-corrected chi connectivity index (χ0v) is 10.4. The number of nitrogens with one attached hydrogen (secondary N) is 1. The Labute approximate surface area is 96.7 Å². The molecule has 0 amide bonds. The number of aryl methyl sites for hydroxylation is 1. The minimum Gasteiger partial charge on any atom is -0.497 e. The molecule has 0 aliphatic carbocycles. The molecule has 1 aromatic rings. The second-order valence-electron chi connectivity index (χ2n) is 4.54. The second-order valence-corrected chi connectivity index (χ2v) is 4.54. The summed E-state index contributed by atoms with van der Waals surface area (Å²) in [6.07, 6.45) is 0. The van der Waals surface area contributed by atoms with Crippen LogP contribution in [0.5, 0.6) is 5.75 Å². The van der Waals surface area contributed by atoms with Crippen molar-refractivity contribution in [1.29, 1.82) is 0 Å². The molecule has 0 saturated carbocycles. The highest BCUT2D eigenvalue weighted by molar-refractivity contribution is 5.26. The molecule has 0 unspecified atom stereocenters. The number of pyridine rings is 1. The molecular formula is C12H20N2O2. The summed E-state index contributed by atoms with van der Waals surface area (Å²) in [4.78, 5) is 4.40. The molecule has 90 valence electrons. The number of aliphatic hydroxyl groups is 1. The van der Waals surface area contributed by atoms with Crippen molar-refractivity contribution in [2.75, 3.05) is 13.7 Å². The minimum absolute atomic E-state index is 0.0932. The van der Waals surface area contributed by atoms with Gasteiger partial charge in [-0.05, 0) is 20.8 Å². The smallest absolute Gasteiger partial charge is 0.122 e. The highest BCUT2D eigenvalue weighted by Crippen LogP contribution is 2.13. The topological polar surface area (TPSA) is 54.4 Å². The summed E-state index contributed by atoms with van der Waals surface area (Å²) >= 11 is 0. The normalized spacial score (nSPS) is 11.6. The Morgan fingerprint density at radius 1 is 1.44 bits per heavy atom. The molecule has 4 nitrogen and oxygen atoms in total. The first kappa shape index (κ1) is 12.9. The van der Waals surface area contributed by atoms with Gasteiger partial charge in [-0.1, -0.05) is 0 Å². The van der Waals surface area contributed by atoms with Gasteiger partial charge in [0.2, 0.25) is 0 Å². The number of aromatic nitrogens is 1. The summed E-state index contributed by atoms with van der Waals surface area (Å²) in [7, 11) is 1.64.